The number of carbonyl (C=O) groups excluding carboxylic acids is 1. The van der Waals surface area contributed by atoms with Crippen molar-refractivity contribution in [2.45, 2.75) is 18.9 Å². The summed E-state index contributed by atoms with van der Waals surface area (Å²) in [5.41, 5.74) is 1.68. The number of carbonyl (C=O) groups is 1. The first-order valence-electron chi connectivity index (χ1n) is 8.54. The van der Waals surface area contributed by atoms with Gasteiger partial charge in [-0.2, -0.15) is 0 Å². The van der Waals surface area contributed by atoms with Crippen molar-refractivity contribution in [1.82, 2.24) is 9.88 Å². The molecule has 2 aromatic rings. The second-order valence-electron chi connectivity index (χ2n) is 6.50. The lowest BCUT2D eigenvalue weighted by Crippen LogP contribution is -2.57. The molecule has 0 bridgehead atoms. The van der Waals surface area contributed by atoms with Crippen LogP contribution in [0.25, 0.3) is 11.3 Å². The van der Waals surface area contributed by atoms with Crippen molar-refractivity contribution in [2.24, 2.45) is 5.92 Å². The Morgan fingerprint density at radius 2 is 2.04 bits per heavy atom. The van der Waals surface area contributed by atoms with Crippen LogP contribution in [0.1, 0.15) is 12.8 Å². The van der Waals surface area contributed by atoms with E-state index in [1.165, 1.54) is 11.3 Å². The van der Waals surface area contributed by atoms with Gasteiger partial charge in [0.2, 0.25) is 5.91 Å². The maximum Gasteiger partial charge on any atom is 0.231 e. The number of thiazole rings is 1. The van der Waals surface area contributed by atoms with E-state index in [9.17, 15) is 4.79 Å². The Kier molecular flexibility index (Phi) is 5.03. The van der Waals surface area contributed by atoms with Crippen LogP contribution in [0.5, 0.6) is 0 Å². The summed E-state index contributed by atoms with van der Waals surface area (Å²) in [6, 6.07) is 8.17. The molecule has 25 heavy (non-hydrogen) atoms. The van der Waals surface area contributed by atoms with Gasteiger partial charge in [0, 0.05) is 48.3 Å². The van der Waals surface area contributed by atoms with E-state index in [-0.39, 0.29) is 11.8 Å². The zero-order valence-corrected chi connectivity index (χ0v) is 15.4. The fourth-order valence-electron chi connectivity index (χ4n) is 3.36. The van der Waals surface area contributed by atoms with Crippen LogP contribution in [0.3, 0.4) is 0 Å². The van der Waals surface area contributed by atoms with Gasteiger partial charge in [0.15, 0.2) is 5.13 Å². The molecular formula is C18H20ClN3O2S. The summed E-state index contributed by atoms with van der Waals surface area (Å²) in [5.74, 6) is 0.110. The van der Waals surface area contributed by atoms with Crippen molar-refractivity contribution in [3.63, 3.8) is 0 Å². The van der Waals surface area contributed by atoms with Crippen molar-refractivity contribution in [2.75, 3.05) is 31.6 Å². The zero-order valence-electron chi connectivity index (χ0n) is 13.8. The summed E-state index contributed by atoms with van der Waals surface area (Å²) in [7, 11) is 0. The molecule has 0 atom stereocenters. The number of hydrogen-bond acceptors (Lipinski definition) is 5. The molecule has 0 radical (unpaired) electrons. The van der Waals surface area contributed by atoms with E-state index in [0.717, 1.165) is 50.4 Å². The number of anilines is 1. The Bertz CT molecular complexity index is 754. The number of halogens is 1. The second-order valence-corrected chi connectivity index (χ2v) is 7.77. The number of amides is 1. The van der Waals surface area contributed by atoms with Crippen LogP contribution in [0.2, 0.25) is 5.02 Å². The van der Waals surface area contributed by atoms with E-state index in [2.05, 4.69) is 15.2 Å². The molecule has 0 spiro atoms. The predicted molar refractivity (Wildman–Crippen MR) is 100 cm³/mol. The number of ether oxygens (including phenoxy) is 1. The van der Waals surface area contributed by atoms with Gasteiger partial charge in [0.25, 0.3) is 0 Å². The molecule has 2 aliphatic heterocycles. The van der Waals surface area contributed by atoms with E-state index >= 15 is 0 Å². The molecule has 5 nitrogen and oxygen atoms in total. The third kappa shape index (κ3) is 3.72. The number of aromatic nitrogens is 1. The highest BCUT2D eigenvalue weighted by molar-refractivity contribution is 7.14. The van der Waals surface area contributed by atoms with Gasteiger partial charge in [-0.05, 0) is 18.9 Å². The highest BCUT2D eigenvalue weighted by atomic mass is 35.5. The molecule has 2 aliphatic rings. The van der Waals surface area contributed by atoms with Crippen LogP contribution in [-0.2, 0) is 9.53 Å². The molecule has 2 fully saturated rings. The van der Waals surface area contributed by atoms with Crippen LogP contribution in [-0.4, -0.2) is 48.1 Å². The molecule has 1 amide bonds. The van der Waals surface area contributed by atoms with Crippen LogP contribution in [0.15, 0.2) is 29.6 Å². The monoisotopic (exact) mass is 377 g/mol. The van der Waals surface area contributed by atoms with Crippen LogP contribution in [0, 0.1) is 5.92 Å². The van der Waals surface area contributed by atoms with E-state index in [1.54, 1.807) is 0 Å². The summed E-state index contributed by atoms with van der Waals surface area (Å²) in [5, 5.41) is 6.17. The molecule has 132 valence electrons. The van der Waals surface area contributed by atoms with Crippen molar-refractivity contribution in [3.8, 4) is 11.3 Å². The first-order chi connectivity index (χ1) is 12.2. The highest BCUT2D eigenvalue weighted by Gasteiger charge is 2.37. The van der Waals surface area contributed by atoms with Gasteiger partial charge in [0.05, 0.1) is 11.6 Å². The Morgan fingerprint density at radius 3 is 2.80 bits per heavy atom. The molecule has 1 aromatic carbocycles. The molecule has 3 heterocycles. The minimum absolute atomic E-state index is 0.0514. The average Bonchev–Trinajstić information content (AvgIpc) is 3.03. The minimum Gasteiger partial charge on any atom is -0.381 e. The van der Waals surface area contributed by atoms with E-state index in [0.29, 0.717) is 16.2 Å². The third-order valence-corrected chi connectivity index (χ3v) is 5.96. The quantitative estimate of drug-likeness (QED) is 0.885. The minimum atomic E-state index is 0.0514. The standard InChI is InChI=1S/C18H20ClN3O2S/c19-15-4-2-1-3-14(15)16-11-25-18(20-16)21-17(23)12-9-22(10-12)13-5-7-24-8-6-13/h1-4,11-13H,5-10H2,(H,20,21,23). The lowest BCUT2D eigenvalue weighted by Gasteiger charge is -2.44. The smallest absolute Gasteiger partial charge is 0.231 e. The van der Waals surface area contributed by atoms with Gasteiger partial charge < -0.3 is 10.1 Å². The van der Waals surface area contributed by atoms with Gasteiger partial charge in [0.1, 0.15) is 0 Å². The van der Waals surface area contributed by atoms with Crippen LogP contribution >= 0.6 is 22.9 Å². The fraction of sp³-hybridized carbons (Fsp3) is 0.444. The van der Waals surface area contributed by atoms with Crippen molar-refractivity contribution in [1.29, 1.82) is 0 Å². The van der Waals surface area contributed by atoms with Crippen LogP contribution < -0.4 is 5.32 Å². The van der Waals surface area contributed by atoms with Crippen LogP contribution in [0.4, 0.5) is 5.13 Å². The SMILES string of the molecule is O=C(Nc1nc(-c2ccccc2Cl)cs1)C1CN(C2CCOCC2)C1. The molecule has 4 rings (SSSR count). The number of benzene rings is 1. The summed E-state index contributed by atoms with van der Waals surface area (Å²) in [6.07, 6.45) is 2.14. The third-order valence-electron chi connectivity index (χ3n) is 4.87. The maximum absolute atomic E-state index is 12.4. The van der Waals surface area contributed by atoms with Gasteiger partial charge in [-0.15, -0.1) is 11.3 Å². The van der Waals surface area contributed by atoms with E-state index in [4.69, 9.17) is 16.3 Å². The number of hydrogen-bond donors (Lipinski definition) is 1. The van der Waals surface area contributed by atoms with Gasteiger partial charge in [-0.25, -0.2) is 4.98 Å². The number of nitrogens with one attached hydrogen (secondary N) is 1. The lowest BCUT2D eigenvalue weighted by molar-refractivity contribution is -0.127. The van der Waals surface area contributed by atoms with Crippen molar-refractivity contribution in [3.05, 3.63) is 34.7 Å². The summed E-state index contributed by atoms with van der Waals surface area (Å²) in [4.78, 5) is 19.3. The molecule has 2 saturated heterocycles. The maximum atomic E-state index is 12.4. The normalized spacial score (nSPS) is 19.6. The summed E-state index contributed by atoms with van der Waals surface area (Å²) in [6.45, 7) is 3.34. The number of likely N-dealkylation sites (tertiary alicyclic amines) is 1. The van der Waals surface area contributed by atoms with E-state index in [1.807, 2.05) is 29.6 Å². The number of nitrogens with zero attached hydrogens (tertiary/aromatic N) is 2. The van der Waals surface area contributed by atoms with Crippen molar-refractivity contribution >= 4 is 34.0 Å². The average molecular weight is 378 g/mol. The lowest BCUT2D eigenvalue weighted by atomic mass is 9.94. The molecule has 1 N–H and O–H groups in total. The van der Waals surface area contributed by atoms with Gasteiger partial charge >= 0.3 is 0 Å². The zero-order chi connectivity index (χ0) is 17.2. The largest absolute Gasteiger partial charge is 0.381 e. The Balaban J connectivity index is 1.33. The first-order valence-corrected chi connectivity index (χ1v) is 9.79. The summed E-state index contributed by atoms with van der Waals surface area (Å²) < 4.78 is 5.40. The molecular weight excluding hydrogens is 358 g/mol. The Labute approximate surface area is 156 Å². The van der Waals surface area contributed by atoms with Gasteiger partial charge in [-0.1, -0.05) is 29.8 Å². The molecule has 0 aliphatic carbocycles. The second kappa shape index (κ2) is 7.41. The number of rotatable bonds is 4. The topological polar surface area (TPSA) is 54.5 Å². The Morgan fingerprint density at radius 1 is 1.28 bits per heavy atom. The van der Waals surface area contributed by atoms with Gasteiger partial charge in [-0.3, -0.25) is 9.69 Å². The van der Waals surface area contributed by atoms with Crippen molar-refractivity contribution < 1.29 is 9.53 Å². The fourth-order valence-corrected chi connectivity index (χ4v) is 4.30. The molecule has 0 saturated carbocycles. The molecule has 7 heteroatoms. The van der Waals surface area contributed by atoms with E-state index < -0.39 is 0 Å². The first kappa shape index (κ1) is 17.0. The Hall–Kier alpha value is -1.47. The summed E-state index contributed by atoms with van der Waals surface area (Å²) >= 11 is 7.64. The molecule has 0 unspecified atom stereocenters. The molecule has 1 aromatic heterocycles. The predicted octanol–water partition coefficient (Wildman–Crippen LogP) is 3.51. The highest BCUT2D eigenvalue weighted by Crippen LogP contribution is 2.31.